The van der Waals surface area contributed by atoms with Crippen LogP contribution in [0.4, 0.5) is 0 Å². The van der Waals surface area contributed by atoms with Gasteiger partial charge in [-0.15, -0.1) is 0 Å². The lowest BCUT2D eigenvalue weighted by Gasteiger charge is -2.05. The van der Waals surface area contributed by atoms with Crippen molar-refractivity contribution in [2.75, 3.05) is 25.1 Å². The normalized spacial score (nSPS) is 10.4. The first kappa shape index (κ1) is 15.9. The summed E-state index contributed by atoms with van der Waals surface area (Å²) in [6.45, 7) is 4.13. The molecule has 0 rings (SSSR count). The molecule has 0 radical (unpaired) electrons. The fourth-order valence-corrected chi connectivity index (χ4v) is 1.63. The summed E-state index contributed by atoms with van der Waals surface area (Å²) in [5.74, 6) is 0.152. The quantitative estimate of drug-likeness (QED) is 0.470. The van der Waals surface area contributed by atoms with Crippen molar-refractivity contribution in [3.05, 3.63) is 0 Å². The summed E-state index contributed by atoms with van der Waals surface area (Å²) in [6, 6.07) is 0. The molecule has 1 N–H and O–H groups in total. The Morgan fingerprint density at radius 1 is 1.19 bits per heavy atom. The highest BCUT2D eigenvalue weighted by Gasteiger charge is 1.99. The molecule has 4 heteroatoms. The largest absolute Gasteiger partial charge is 0.379 e. The molecule has 0 spiro atoms. The molecular weight excluding hydrogens is 270 g/mol. The lowest BCUT2D eigenvalue weighted by Crippen LogP contribution is -2.27. The number of carbonyl (C=O) groups excluding carboxylic acids is 1. The fraction of sp³-hybridized carbons (Fsp3) is 0.917. The lowest BCUT2D eigenvalue weighted by molar-refractivity contribution is -0.121. The molecule has 0 fully saturated rings. The van der Waals surface area contributed by atoms with Crippen LogP contribution in [0.15, 0.2) is 0 Å². The number of carbonyl (C=O) groups is 1. The van der Waals surface area contributed by atoms with E-state index in [0.29, 0.717) is 26.2 Å². The molecule has 0 aromatic rings. The van der Waals surface area contributed by atoms with Crippen LogP contribution in [0.5, 0.6) is 0 Å². The Balaban J connectivity index is 3.12. The number of ether oxygens (including phenoxy) is 1. The van der Waals surface area contributed by atoms with Crippen LogP contribution in [-0.4, -0.2) is 31.0 Å². The molecule has 0 saturated carbocycles. The number of nitrogens with one attached hydrogen (secondary N) is 1. The monoisotopic (exact) mass is 293 g/mol. The van der Waals surface area contributed by atoms with E-state index in [1.165, 1.54) is 25.7 Å². The molecular formula is C12H24BrNO2. The SMILES string of the molecule is CCCCCCCC(=O)NCCOCCBr. The number of unbranched alkanes of at least 4 members (excludes halogenated alkanes) is 4. The number of hydrogen-bond acceptors (Lipinski definition) is 2. The van der Waals surface area contributed by atoms with Crippen molar-refractivity contribution in [3.8, 4) is 0 Å². The van der Waals surface area contributed by atoms with Crippen molar-refractivity contribution in [2.45, 2.75) is 45.4 Å². The van der Waals surface area contributed by atoms with Crippen LogP contribution in [0, 0.1) is 0 Å². The molecule has 3 nitrogen and oxygen atoms in total. The van der Waals surface area contributed by atoms with Crippen molar-refractivity contribution in [1.82, 2.24) is 5.32 Å². The van der Waals surface area contributed by atoms with Crippen LogP contribution in [0.3, 0.4) is 0 Å². The molecule has 0 atom stereocenters. The summed E-state index contributed by atoms with van der Waals surface area (Å²) < 4.78 is 5.23. The van der Waals surface area contributed by atoms with Crippen molar-refractivity contribution in [2.24, 2.45) is 0 Å². The Kier molecular flexibility index (Phi) is 12.9. The van der Waals surface area contributed by atoms with E-state index >= 15 is 0 Å². The van der Waals surface area contributed by atoms with Gasteiger partial charge < -0.3 is 10.1 Å². The second-order valence-corrected chi connectivity index (χ2v) is 4.61. The third-order valence-corrected chi connectivity index (χ3v) is 2.62. The number of hydrogen-bond donors (Lipinski definition) is 1. The van der Waals surface area contributed by atoms with Crippen LogP contribution >= 0.6 is 15.9 Å². The predicted octanol–water partition coefficient (Wildman–Crippen LogP) is 2.87. The van der Waals surface area contributed by atoms with E-state index in [0.717, 1.165) is 11.8 Å². The van der Waals surface area contributed by atoms with E-state index in [1.807, 2.05) is 0 Å². The zero-order chi connectivity index (χ0) is 12.1. The molecule has 96 valence electrons. The molecule has 0 aliphatic rings. The topological polar surface area (TPSA) is 38.3 Å². The van der Waals surface area contributed by atoms with Crippen LogP contribution in [0.1, 0.15) is 45.4 Å². The number of halogens is 1. The molecule has 0 aliphatic heterocycles. The van der Waals surface area contributed by atoms with Gasteiger partial charge in [0.1, 0.15) is 0 Å². The van der Waals surface area contributed by atoms with Gasteiger partial charge in [-0.25, -0.2) is 0 Å². The fourth-order valence-electron chi connectivity index (χ4n) is 1.40. The van der Waals surface area contributed by atoms with Gasteiger partial charge in [0.25, 0.3) is 0 Å². The number of rotatable bonds is 11. The van der Waals surface area contributed by atoms with Gasteiger partial charge in [-0.3, -0.25) is 4.79 Å². The second-order valence-electron chi connectivity index (χ2n) is 3.82. The maximum absolute atomic E-state index is 11.3. The van der Waals surface area contributed by atoms with E-state index in [2.05, 4.69) is 28.2 Å². The Bertz CT molecular complexity index is 149. The van der Waals surface area contributed by atoms with Gasteiger partial charge in [0.05, 0.1) is 13.2 Å². The minimum absolute atomic E-state index is 0.152. The average Bonchev–Trinajstić information content (AvgIpc) is 2.28. The number of alkyl halides is 1. The molecule has 0 heterocycles. The third kappa shape index (κ3) is 12.0. The first-order chi connectivity index (χ1) is 7.81. The molecule has 0 unspecified atom stereocenters. The summed E-state index contributed by atoms with van der Waals surface area (Å²) in [7, 11) is 0. The summed E-state index contributed by atoms with van der Waals surface area (Å²) in [5.41, 5.74) is 0. The molecule has 1 amide bonds. The van der Waals surface area contributed by atoms with Gasteiger partial charge >= 0.3 is 0 Å². The minimum atomic E-state index is 0.152. The van der Waals surface area contributed by atoms with Gasteiger partial charge in [-0.05, 0) is 6.42 Å². The van der Waals surface area contributed by atoms with E-state index in [1.54, 1.807) is 0 Å². The van der Waals surface area contributed by atoms with Gasteiger partial charge in [0.15, 0.2) is 0 Å². The minimum Gasteiger partial charge on any atom is -0.379 e. The zero-order valence-corrected chi connectivity index (χ0v) is 11.9. The highest BCUT2D eigenvalue weighted by atomic mass is 79.9. The molecule has 0 bridgehead atoms. The number of amides is 1. The summed E-state index contributed by atoms with van der Waals surface area (Å²) in [6.07, 6.45) is 6.61. The molecule has 0 aliphatic carbocycles. The smallest absolute Gasteiger partial charge is 0.220 e. The average molecular weight is 294 g/mol. The second kappa shape index (κ2) is 13.0. The Morgan fingerprint density at radius 3 is 2.62 bits per heavy atom. The Labute approximate surface area is 107 Å². The van der Waals surface area contributed by atoms with Crippen LogP contribution in [0.25, 0.3) is 0 Å². The molecule has 16 heavy (non-hydrogen) atoms. The lowest BCUT2D eigenvalue weighted by atomic mass is 10.1. The molecule has 0 aromatic heterocycles. The van der Waals surface area contributed by atoms with Crippen LogP contribution in [0.2, 0.25) is 0 Å². The zero-order valence-electron chi connectivity index (χ0n) is 10.3. The van der Waals surface area contributed by atoms with Gasteiger partial charge in [-0.1, -0.05) is 48.5 Å². The van der Waals surface area contributed by atoms with Crippen molar-refractivity contribution < 1.29 is 9.53 Å². The molecule has 0 aromatic carbocycles. The van der Waals surface area contributed by atoms with E-state index < -0.39 is 0 Å². The van der Waals surface area contributed by atoms with E-state index in [4.69, 9.17) is 4.74 Å². The summed E-state index contributed by atoms with van der Waals surface area (Å²) in [4.78, 5) is 11.3. The summed E-state index contributed by atoms with van der Waals surface area (Å²) in [5, 5.41) is 3.70. The van der Waals surface area contributed by atoms with Gasteiger partial charge in [0, 0.05) is 18.3 Å². The van der Waals surface area contributed by atoms with Crippen molar-refractivity contribution >= 4 is 21.8 Å². The standard InChI is InChI=1S/C12H24BrNO2/c1-2-3-4-5-6-7-12(15)14-9-11-16-10-8-13/h2-11H2,1H3,(H,14,15). The third-order valence-electron chi connectivity index (χ3n) is 2.30. The highest BCUT2D eigenvalue weighted by molar-refractivity contribution is 9.09. The first-order valence-electron chi connectivity index (χ1n) is 6.21. The highest BCUT2D eigenvalue weighted by Crippen LogP contribution is 2.04. The van der Waals surface area contributed by atoms with Crippen LogP contribution in [-0.2, 0) is 9.53 Å². The Hall–Kier alpha value is -0.0900. The van der Waals surface area contributed by atoms with Gasteiger partial charge in [-0.2, -0.15) is 0 Å². The maximum atomic E-state index is 11.3. The Morgan fingerprint density at radius 2 is 1.94 bits per heavy atom. The molecule has 0 saturated heterocycles. The van der Waals surface area contributed by atoms with Gasteiger partial charge in [0.2, 0.25) is 5.91 Å². The first-order valence-corrected chi connectivity index (χ1v) is 7.33. The van der Waals surface area contributed by atoms with E-state index in [-0.39, 0.29) is 5.91 Å². The van der Waals surface area contributed by atoms with E-state index in [9.17, 15) is 4.79 Å². The van der Waals surface area contributed by atoms with Crippen molar-refractivity contribution in [3.63, 3.8) is 0 Å². The van der Waals surface area contributed by atoms with Crippen LogP contribution < -0.4 is 5.32 Å². The maximum Gasteiger partial charge on any atom is 0.220 e. The summed E-state index contributed by atoms with van der Waals surface area (Å²) >= 11 is 3.27. The predicted molar refractivity (Wildman–Crippen MR) is 71.0 cm³/mol. The van der Waals surface area contributed by atoms with Crippen molar-refractivity contribution in [1.29, 1.82) is 0 Å².